The first-order valence-electron chi connectivity index (χ1n) is 6.98. The van der Waals surface area contributed by atoms with E-state index in [9.17, 15) is 4.79 Å². The van der Waals surface area contributed by atoms with Crippen molar-refractivity contribution >= 4 is 33.0 Å². The summed E-state index contributed by atoms with van der Waals surface area (Å²) in [4.78, 5) is 17.0. The first-order chi connectivity index (χ1) is 10.6. The lowest BCUT2D eigenvalue weighted by Gasteiger charge is -2.06. The van der Waals surface area contributed by atoms with Crippen LogP contribution in [-0.4, -0.2) is 20.4 Å². The van der Waals surface area contributed by atoms with Gasteiger partial charge in [0.15, 0.2) is 0 Å². The number of rotatable bonds is 3. The van der Waals surface area contributed by atoms with E-state index in [2.05, 4.69) is 37.5 Å². The van der Waals surface area contributed by atoms with Crippen molar-refractivity contribution in [2.75, 3.05) is 0 Å². The minimum Gasteiger partial charge on any atom is -0.347 e. The quantitative estimate of drug-likeness (QED) is 0.675. The normalized spacial score (nSPS) is 11.6. The van der Waals surface area contributed by atoms with Gasteiger partial charge >= 0.3 is 0 Å². The molecular formula is C16H15BrN4O. The summed E-state index contributed by atoms with van der Waals surface area (Å²) in [7, 11) is 0. The summed E-state index contributed by atoms with van der Waals surface area (Å²) in [6.45, 7) is 4.69. The Kier molecular flexibility index (Phi) is 3.94. The topological polar surface area (TPSA) is 52.2 Å². The van der Waals surface area contributed by atoms with Crippen LogP contribution in [0.15, 0.2) is 50.9 Å². The molecule has 2 aromatic heterocycles. The van der Waals surface area contributed by atoms with Crippen LogP contribution in [0.1, 0.15) is 18.4 Å². The number of benzene rings is 1. The van der Waals surface area contributed by atoms with Gasteiger partial charge in [0.05, 0.1) is 22.8 Å². The fourth-order valence-corrected chi connectivity index (χ4v) is 2.71. The van der Waals surface area contributed by atoms with Gasteiger partial charge in [0.2, 0.25) is 0 Å². The summed E-state index contributed by atoms with van der Waals surface area (Å²) in [5.74, 6) is 0.561. The zero-order valence-corrected chi connectivity index (χ0v) is 13.9. The number of fused-ring (bicyclic) bond motifs is 1. The minimum atomic E-state index is -0.172. The van der Waals surface area contributed by atoms with Crippen LogP contribution in [0.25, 0.3) is 10.9 Å². The molecular weight excluding hydrogens is 344 g/mol. The highest BCUT2D eigenvalue weighted by Crippen LogP contribution is 2.15. The molecule has 5 nitrogen and oxygen atoms in total. The molecule has 2 heterocycles. The molecule has 0 unspecified atom stereocenters. The van der Waals surface area contributed by atoms with Gasteiger partial charge in [-0.2, -0.15) is 9.78 Å². The Bertz CT molecular complexity index is 924. The number of hydrogen-bond donors (Lipinski definition) is 0. The molecule has 0 saturated heterocycles. The van der Waals surface area contributed by atoms with E-state index in [0.29, 0.717) is 16.7 Å². The van der Waals surface area contributed by atoms with E-state index in [-0.39, 0.29) is 5.56 Å². The molecule has 0 spiro atoms. The predicted octanol–water partition coefficient (Wildman–Crippen LogP) is 3.17. The van der Waals surface area contributed by atoms with Crippen molar-refractivity contribution in [1.82, 2.24) is 14.2 Å². The van der Waals surface area contributed by atoms with Gasteiger partial charge in [-0.05, 0) is 44.2 Å². The molecule has 0 aliphatic rings. The molecule has 112 valence electrons. The van der Waals surface area contributed by atoms with Crippen molar-refractivity contribution in [3.05, 3.63) is 62.9 Å². The highest BCUT2D eigenvalue weighted by Gasteiger charge is 2.07. The lowest BCUT2D eigenvalue weighted by atomic mass is 10.2. The fraction of sp³-hybridized carbons (Fsp3) is 0.188. The Morgan fingerprint density at radius 1 is 1.36 bits per heavy atom. The molecule has 6 heteroatoms. The average Bonchev–Trinajstić information content (AvgIpc) is 2.95. The zero-order valence-electron chi connectivity index (χ0n) is 12.3. The van der Waals surface area contributed by atoms with Crippen molar-refractivity contribution in [2.24, 2.45) is 5.10 Å². The van der Waals surface area contributed by atoms with Gasteiger partial charge in [-0.3, -0.25) is 4.79 Å². The highest BCUT2D eigenvalue weighted by atomic mass is 79.9. The smallest absolute Gasteiger partial charge is 0.282 e. The summed E-state index contributed by atoms with van der Waals surface area (Å²) in [6, 6.07) is 9.37. The molecule has 0 atom stereocenters. The van der Waals surface area contributed by atoms with E-state index >= 15 is 0 Å². The van der Waals surface area contributed by atoms with Gasteiger partial charge in [-0.15, -0.1) is 0 Å². The van der Waals surface area contributed by atoms with Gasteiger partial charge in [0.25, 0.3) is 5.56 Å². The molecule has 3 aromatic rings. The summed E-state index contributed by atoms with van der Waals surface area (Å²) >= 11 is 3.38. The third-order valence-electron chi connectivity index (χ3n) is 3.48. The summed E-state index contributed by atoms with van der Waals surface area (Å²) in [5.41, 5.74) is 1.45. The molecule has 0 amide bonds. The average molecular weight is 359 g/mol. The fourth-order valence-electron chi connectivity index (χ4n) is 2.35. The first-order valence-corrected chi connectivity index (χ1v) is 7.78. The molecule has 0 saturated carbocycles. The molecule has 0 radical (unpaired) electrons. The maximum Gasteiger partial charge on any atom is 0.282 e. The largest absolute Gasteiger partial charge is 0.347 e. The molecule has 0 N–H and O–H groups in total. The predicted molar refractivity (Wildman–Crippen MR) is 91.5 cm³/mol. The van der Waals surface area contributed by atoms with Crippen LogP contribution >= 0.6 is 15.9 Å². The minimum absolute atomic E-state index is 0.172. The second-order valence-corrected chi connectivity index (χ2v) is 5.82. The van der Waals surface area contributed by atoms with E-state index in [1.165, 1.54) is 4.68 Å². The Morgan fingerprint density at radius 3 is 2.95 bits per heavy atom. The first kappa shape index (κ1) is 14.7. The van der Waals surface area contributed by atoms with Crippen molar-refractivity contribution in [3.63, 3.8) is 0 Å². The van der Waals surface area contributed by atoms with Gasteiger partial charge in [0, 0.05) is 17.2 Å². The van der Waals surface area contributed by atoms with Crippen LogP contribution in [0.5, 0.6) is 0 Å². The molecule has 0 aliphatic heterocycles. The number of aromatic nitrogens is 3. The van der Waals surface area contributed by atoms with Crippen LogP contribution in [0.3, 0.4) is 0 Å². The summed E-state index contributed by atoms with van der Waals surface area (Å²) in [5, 5.41) is 4.86. The lowest BCUT2D eigenvalue weighted by molar-refractivity contribution is 0.750. The van der Waals surface area contributed by atoms with Gasteiger partial charge in [-0.1, -0.05) is 15.9 Å². The van der Waals surface area contributed by atoms with Crippen LogP contribution in [0.2, 0.25) is 0 Å². The van der Waals surface area contributed by atoms with Crippen LogP contribution < -0.4 is 5.56 Å². The van der Waals surface area contributed by atoms with Gasteiger partial charge in [-0.25, -0.2) is 4.98 Å². The summed E-state index contributed by atoms with van der Waals surface area (Å²) in [6.07, 6.45) is 3.66. The Labute approximate surface area is 136 Å². The van der Waals surface area contributed by atoms with E-state index in [0.717, 1.165) is 16.7 Å². The number of nitrogens with zero attached hydrogens (tertiary/aromatic N) is 4. The SMILES string of the molecule is CCn1cccc1C=Nn1c(C)nc2ccc(Br)cc2c1=O. The second-order valence-electron chi connectivity index (χ2n) is 4.90. The Hall–Kier alpha value is -2.21. The van der Waals surface area contributed by atoms with E-state index in [4.69, 9.17) is 0 Å². The molecule has 3 rings (SSSR count). The zero-order chi connectivity index (χ0) is 15.7. The Morgan fingerprint density at radius 2 is 2.18 bits per heavy atom. The monoisotopic (exact) mass is 358 g/mol. The standard InChI is InChI=1S/C16H15BrN4O/c1-3-20-8-4-5-13(20)10-18-21-11(2)19-15-7-6-12(17)9-14(15)16(21)22/h4-10H,3H2,1-2H3. The second kappa shape index (κ2) is 5.88. The molecule has 22 heavy (non-hydrogen) atoms. The molecule has 0 aliphatic carbocycles. The van der Waals surface area contributed by atoms with Crippen molar-refractivity contribution in [3.8, 4) is 0 Å². The van der Waals surface area contributed by atoms with Crippen molar-refractivity contribution < 1.29 is 0 Å². The van der Waals surface area contributed by atoms with Gasteiger partial charge < -0.3 is 4.57 Å². The van der Waals surface area contributed by atoms with Crippen molar-refractivity contribution in [1.29, 1.82) is 0 Å². The molecule has 1 aromatic carbocycles. The number of hydrogen-bond acceptors (Lipinski definition) is 3. The van der Waals surface area contributed by atoms with Crippen LogP contribution in [0, 0.1) is 6.92 Å². The molecule has 0 bridgehead atoms. The van der Waals surface area contributed by atoms with Crippen molar-refractivity contribution in [2.45, 2.75) is 20.4 Å². The summed E-state index contributed by atoms with van der Waals surface area (Å²) < 4.78 is 4.23. The Balaban J connectivity index is 2.13. The maximum absolute atomic E-state index is 12.6. The van der Waals surface area contributed by atoms with Crippen LogP contribution in [0.4, 0.5) is 0 Å². The van der Waals surface area contributed by atoms with Crippen LogP contribution in [-0.2, 0) is 6.54 Å². The maximum atomic E-state index is 12.6. The third-order valence-corrected chi connectivity index (χ3v) is 3.97. The third kappa shape index (κ3) is 2.62. The van der Waals surface area contributed by atoms with E-state index in [1.807, 2.05) is 30.5 Å². The van der Waals surface area contributed by atoms with E-state index in [1.54, 1.807) is 19.2 Å². The number of aryl methyl sites for hydroxylation is 2. The highest BCUT2D eigenvalue weighted by molar-refractivity contribution is 9.10. The number of halogens is 1. The van der Waals surface area contributed by atoms with Gasteiger partial charge in [0.1, 0.15) is 5.82 Å². The molecule has 0 fully saturated rings. The lowest BCUT2D eigenvalue weighted by Crippen LogP contribution is -2.20. The van der Waals surface area contributed by atoms with E-state index < -0.39 is 0 Å².